The van der Waals surface area contributed by atoms with Gasteiger partial charge in [-0.2, -0.15) is 0 Å². The molecular formula is C14H12F2N2O2. The fraction of sp³-hybridized carbons (Fsp3) is 0.143. The minimum absolute atomic E-state index is 0.0140. The van der Waals surface area contributed by atoms with E-state index < -0.39 is 11.6 Å². The van der Waals surface area contributed by atoms with E-state index in [1.807, 2.05) is 0 Å². The van der Waals surface area contributed by atoms with Gasteiger partial charge in [-0.1, -0.05) is 11.2 Å². The minimum atomic E-state index is -0.746. The summed E-state index contributed by atoms with van der Waals surface area (Å²) in [6.45, 7) is 3.84. The molecule has 20 heavy (non-hydrogen) atoms. The molecule has 1 N–H and O–H groups in total. The number of halogens is 2. The number of nitrogens with zero attached hydrogens (tertiary/aromatic N) is 1. The van der Waals surface area contributed by atoms with E-state index in [2.05, 4.69) is 17.1 Å². The van der Waals surface area contributed by atoms with Crippen LogP contribution in [0.15, 0.2) is 41.4 Å². The Morgan fingerprint density at radius 2 is 2.20 bits per heavy atom. The molecule has 2 rings (SSSR count). The lowest BCUT2D eigenvalue weighted by atomic mass is 10.1. The maximum atomic E-state index is 13.6. The number of amides is 1. The maximum absolute atomic E-state index is 13.6. The molecule has 0 radical (unpaired) electrons. The van der Waals surface area contributed by atoms with E-state index in [0.29, 0.717) is 12.2 Å². The Morgan fingerprint density at radius 3 is 2.90 bits per heavy atom. The highest BCUT2D eigenvalue weighted by molar-refractivity contribution is 5.78. The van der Waals surface area contributed by atoms with Crippen LogP contribution >= 0.6 is 0 Å². The van der Waals surface area contributed by atoms with Gasteiger partial charge in [0, 0.05) is 18.7 Å². The van der Waals surface area contributed by atoms with E-state index >= 15 is 0 Å². The number of carbonyl (C=O) groups excluding carboxylic acids is 1. The monoisotopic (exact) mass is 278 g/mol. The van der Waals surface area contributed by atoms with Crippen molar-refractivity contribution in [3.05, 3.63) is 54.2 Å². The lowest BCUT2D eigenvalue weighted by Crippen LogP contribution is -2.24. The summed E-state index contributed by atoms with van der Waals surface area (Å²) in [4.78, 5) is 11.5. The molecule has 6 heteroatoms. The van der Waals surface area contributed by atoms with Crippen LogP contribution < -0.4 is 5.32 Å². The molecule has 0 aliphatic heterocycles. The predicted octanol–water partition coefficient (Wildman–Crippen LogP) is 2.46. The molecule has 1 aromatic carbocycles. The largest absolute Gasteiger partial charge is 0.356 e. The van der Waals surface area contributed by atoms with E-state index in [0.717, 1.165) is 12.1 Å². The average Bonchev–Trinajstić information content (AvgIpc) is 2.84. The van der Waals surface area contributed by atoms with Gasteiger partial charge in [0.25, 0.3) is 0 Å². The van der Waals surface area contributed by atoms with Crippen LogP contribution in [0, 0.1) is 11.6 Å². The predicted molar refractivity (Wildman–Crippen MR) is 68.8 cm³/mol. The number of nitrogens with one attached hydrogen (secondary N) is 1. The van der Waals surface area contributed by atoms with Gasteiger partial charge in [-0.3, -0.25) is 4.79 Å². The summed E-state index contributed by atoms with van der Waals surface area (Å²) in [5.41, 5.74) is 0.460. The number of aromatic nitrogens is 1. The summed E-state index contributed by atoms with van der Waals surface area (Å²) in [6, 6.07) is 4.59. The third kappa shape index (κ3) is 3.28. The van der Waals surface area contributed by atoms with Crippen molar-refractivity contribution in [2.24, 2.45) is 0 Å². The molecule has 0 aliphatic carbocycles. The molecule has 4 nitrogen and oxygen atoms in total. The van der Waals surface area contributed by atoms with E-state index in [-0.39, 0.29) is 23.7 Å². The molecule has 2 aromatic rings. The van der Waals surface area contributed by atoms with Gasteiger partial charge in [-0.15, -0.1) is 6.58 Å². The molecular weight excluding hydrogens is 266 g/mol. The van der Waals surface area contributed by atoms with E-state index in [4.69, 9.17) is 4.52 Å². The standard InChI is InChI=1S/C14H12F2N2O2/c1-2-5-17-14(19)8-10-7-13(20-18-10)11-4-3-9(15)6-12(11)16/h2-4,6-7H,1,5,8H2,(H,17,19). The van der Waals surface area contributed by atoms with Crippen molar-refractivity contribution in [2.75, 3.05) is 6.54 Å². The summed E-state index contributed by atoms with van der Waals surface area (Å²) >= 11 is 0. The van der Waals surface area contributed by atoms with Crippen LogP contribution in [-0.4, -0.2) is 17.6 Å². The Morgan fingerprint density at radius 1 is 1.40 bits per heavy atom. The highest BCUT2D eigenvalue weighted by atomic mass is 19.1. The first-order chi connectivity index (χ1) is 9.60. The zero-order valence-electron chi connectivity index (χ0n) is 10.5. The van der Waals surface area contributed by atoms with Crippen molar-refractivity contribution in [2.45, 2.75) is 6.42 Å². The van der Waals surface area contributed by atoms with Gasteiger partial charge in [-0.25, -0.2) is 8.78 Å². The number of benzene rings is 1. The number of carbonyl (C=O) groups is 1. The quantitative estimate of drug-likeness (QED) is 0.855. The highest BCUT2D eigenvalue weighted by Crippen LogP contribution is 2.24. The summed E-state index contributed by atoms with van der Waals surface area (Å²) in [7, 11) is 0. The second-order valence-electron chi connectivity index (χ2n) is 4.08. The molecule has 0 atom stereocenters. The van der Waals surface area contributed by atoms with Gasteiger partial charge in [0.1, 0.15) is 11.6 Å². The molecule has 1 heterocycles. The van der Waals surface area contributed by atoms with Crippen molar-refractivity contribution in [3.63, 3.8) is 0 Å². The first-order valence-corrected chi connectivity index (χ1v) is 5.88. The molecule has 1 amide bonds. The molecule has 0 saturated carbocycles. The van der Waals surface area contributed by atoms with Crippen molar-refractivity contribution in [3.8, 4) is 11.3 Å². The Labute approximate surface area is 114 Å². The minimum Gasteiger partial charge on any atom is -0.356 e. The first kappa shape index (κ1) is 13.9. The Bertz CT molecular complexity index is 638. The fourth-order valence-electron chi connectivity index (χ4n) is 1.62. The van der Waals surface area contributed by atoms with Crippen LogP contribution in [0.4, 0.5) is 8.78 Å². The van der Waals surface area contributed by atoms with Crippen LogP contribution in [0.25, 0.3) is 11.3 Å². The van der Waals surface area contributed by atoms with Crippen molar-refractivity contribution in [1.29, 1.82) is 0 Å². The second kappa shape index (κ2) is 6.10. The summed E-state index contributed by atoms with van der Waals surface area (Å²) in [5.74, 6) is -1.52. The van der Waals surface area contributed by atoms with Crippen LogP contribution in [-0.2, 0) is 11.2 Å². The summed E-state index contributed by atoms with van der Waals surface area (Å²) < 4.78 is 31.3. The molecule has 0 saturated heterocycles. The topological polar surface area (TPSA) is 55.1 Å². The number of rotatable bonds is 5. The van der Waals surface area contributed by atoms with Gasteiger partial charge in [0.05, 0.1) is 17.7 Å². The molecule has 0 bridgehead atoms. The second-order valence-corrected chi connectivity index (χ2v) is 4.08. The molecule has 0 unspecified atom stereocenters. The fourth-order valence-corrected chi connectivity index (χ4v) is 1.62. The van der Waals surface area contributed by atoms with E-state index in [9.17, 15) is 13.6 Å². The van der Waals surface area contributed by atoms with Gasteiger partial charge >= 0.3 is 0 Å². The lowest BCUT2D eigenvalue weighted by molar-refractivity contribution is -0.120. The van der Waals surface area contributed by atoms with Crippen LogP contribution in [0.3, 0.4) is 0 Å². The number of hydrogen-bond acceptors (Lipinski definition) is 3. The van der Waals surface area contributed by atoms with Crippen LogP contribution in [0.1, 0.15) is 5.69 Å². The molecule has 0 spiro atoms. The van der Waals surface area contributed by atoms with Gasteiger partial charge < -0.3 is 9.84 Å². The summed E-state index contributed by atoms with van der Waals surface area (Å²) in [5, 5.41) is 6.27. The highest BCUT2D eigenvalue weighted by Gasteiger charge is 2.13. The third-order valence-corrected chi connectivity index (χ3v) is 2.54. The maximum Gasteiger partial charge on any atom is 0.226 e. The zero-order valence-corrected chi connectivity index (χ0v) is 10.5. The zero-order chi connectivity index (χ0) is 14.5. The average molecular weight is 278 g/mol. The molecule has 0 fully saturated rings. The van der Waals surface area contributed by atoms with Gasteiger partial charge in [0.2, 0.25) is 5.91 Å². The molecule has 104 valence electrons. The Kier molecular flexibility index (Phi) is 4.24. The van der Waals surface area contributed by atoms with E-state index in [1.165, 1.54) is 12.1 Å². The van der Waals surface area contributed by atoms with E-state index in [1.54, 1.807) is 6.08 Å². The molecule has 1 aromatic heterocycles. The van der Waals surface area contributed by atoms with Gasteiger partial charge in [-0.05, 0) is 12.1 Å². The van der Waals surface area contributed by atoms with Crippen molar-refractivity contribution in [1.82, 2.24) is 10.5 Å². The Hall–Kier alpha value is -2.50. The first-order valence-electron chi connectivity index (χ1n) is 5.88. The Balaban J connectivity index is 2.12. The van der Waals surface area contributed by atoms with Gasteiger partial charge in [0.15, 0.2) is 5.76 Å². The summed E-state index contributed by atoms with van der Waals surface area (Å²) in [6.07, 6.45) is 1.57. The van der Waals surface area contributed by atoms with Crippen molar-refractivity contribution >= 4 is 5.91 Å². The SMILES string of the molecule is C=CCNC(=O)Cc1cc(-c2ccc(F)cc2F)on1. The smallest absolute Gasteiger partial charge is 0.226 e. The lowest BCUT2D eigenvalue weighted by Gasteiger charge is -1.98. The number of hydrogen-bond donors (Lipinski definition) is 1. The molecule has 0 aliphatic rings. The normalized spacial score (nSPS) is 10.3. The van der Waals surface area contributed by atoms with Crippen LogP contribution in [0.2, 0.25) is 0 Å². The third-order valence-electron chi connectivity index (χ3n) is 2.54. The van der Waals surface area contributed by atoms with Crippen LogP contribution in [0.5, 0.6) is 0 Å². The van der Waals surface area contributed by atoms with Crippen molar-refractivity contribution < 1.29 is 18.1 Å².